The topological polar surface area (TPSA) is 94.0 Å². The molecule has 6 nitrogen and oxygen atoms in total. The Labute approximate surface area is 110 Å². The van der Waals surface area contributed by atoms with Crippen molar-refractivity contribution in [2.45, 2.75) is 39.2 Å². The molecule has 1 aromatic heterocycles. The first-order valence-electron chi connectivity index (χ1n) is 5.92. The summed E-state index contributed by atoms with van der Waals surface area (Å²) >= 11 is 5.05. The SMILES string of the molecule is Cc1nc(CNC(=O)C2(C(N)=S)CCCC2)no1. The molecule has 1 fully saturated rings. The number of aromatic nitrogens is 2. The molecule has 0 atom stereocenters. The summed E-state index contributed by atoms with van der Waals surface area (Å²) in [5.74, 6) is 0.802. The Morgan fingerprint density at radius 2 is 2.22 bits per heavy atom. The van der Waals surface area contributed by atoms with Crippen LogP contribution in [0.1, 0.15) is 37.4 Å². The van der Waals surface area contributed by atoms with Crippen LogP contribution in [0.25, 0.3) is 0 Å². The highest BCUT2D eigenvalue weighted by atomic mass is 32.1. The average molecular weight is 268 g/mol. The number of carbonyl (C=O) groups is 1. The monoisotopic (exact) mass is 268 g/mol. The molecule has 0 unspecified atom stereocenters. The van der Waals surface area contributed by atoms with Gasteiger partial charge < -0.3 is 15.6 Å². The minimum atomic E-state index is -0.686. The van der Waals surface area contributed by atoms with Crippen molar-refractivity contribution in [1.29, 1.82) is 0 Å². The summed E-state index contributed by atoms with van der Waals surface area (Å²) in [6.45, 7) is 1.94. The van der Waals surface area contributed by atoms with Crippen LogP contribution in [0.3, 0.4) is 0 Å². The molecule has 2 rings (SSSR count). The fraction of sp³-hybridized carbons (Fsp3) is 0.636. The molecule has 1 aromatic rings. The van der Waals surface area contributed by atoms with Crippen molar-refractivity contribution in [2.24, 2.45) is 11.1 Å². The van der Waals surface area contributed by atoms with Gasteiger partial charge in [-0.2, -0.15) is 4.98 Å². The quantitative estimate of drug-likeness (QED) is 0.786. The summed E-state index contributed by atoms with van der Waals surface area (Å²) < 4.78 is 4.83. The maximum Gasteiger partial charge on any atom is 0.233 e. The van der Waals surface area contributed by atoms with Gasteiger partial charge in [0.2, 0.25) is 11.8 Å². The summed E-state index contributed by atoms with van der Waals surface area (Å²) in [6, 6.07) is 0. The third-order valence-electron chi connectivity index (χ3n) is 3.34. The number of aryl methyl sites for hydroxylation is 1. The van der Waals surface area contributed by atoms with E-state index < -0.39 is 5.41 Å². The maximum atomic E-state index is 12.2. The van der Waals surface area contributed by atoms with Gasteiger partial charge in [-0.15, -0.1) is 0 Å². The van der Waals surface area contributed by atoms with Crippen LogP contribution in [-0.2, 0) is 11.3 Å². The second kappa shape index (κ2) is 5.01. The van der Waals surface area contributed by atoms with E-state index >= 15 is 0 Å². The van der Waals surface area contributed by atoms with E-state index in [1.165, 1.54) is 0 Å². The van der Waals surface area contributed by atoms with Gasteiger partial charge in [0.05, 0.1) is 16.9 Å². The van der Waals surface area contributed by atoms with Crippen LogP contribution >= 0.6 is 12.2 Å². The average Bonchev–Trinajstić information content (AvgIpc) is 2.95. The Balaban J connectivity index is 2.00. The fourth-order valence-corrected chi connectivity index (χ4v) is 2.60. The molecule has 1 saturated carbocycles. The first kappa shape index (κ1) is 12.9. The number of nitrogens with two attached hydrogens (primary N) is 1. The van der Waals surface area contributed by atoms with Gasteiger partial charge in [0, 0.05) is 6.92 Å². The Morgan fingerprint density at radius 3 is 2.72 bits per heavy atom. The van der Waals surface area contributed by atoms with Gasteiger partial charge in [-0.3, -0.25) is 4.79 Å². The van der Waals surface area contributed by atoms with Crippen LogP contribution in [-0.4, -0.2) is 21.0 Å². The molecule has 0 aliphatic heterocycles. The molecule has 1 amide bonds. The number of nitrogens with zero attached hydrogens (tertiary/aromatic N) is 2. The first-order valence-corrected chi connectivity index (χ1v) is 6.33. The number of carbonyl (C=O) groups excluding carboxylic acids is 1. The number of thiocarbonyl (C=S) groups is 1. The van der Waals surface area contributed by atoms with E-state index in [2.05, 4.69) is 15.5 Å². The third-order valence-corrected chi connectivity index (χ3v) is 3.73. The second-order valence-electron chi connectivity index (χ2n) is 4.57. The molecule has 3 N–H and O–H groups in total. The fourth-order valence-electron chi connectivity index (χ4n) is 2.31. The van der Waals surface area contributed by atoms with Gasteiger partial charge in [0.1, 0.15) is 0 Å². The Hall–Kier alpha value is -1.50. The van der Waals surface area contributed by atoms with E-state index in [9.17, 15) is 4.79 Å². The smallest absolute Gasteiger partial charge is 0.233 e. The van der Waals surface area contributed by atoms with Crippen LogP contribution in [0.2, 0.25) is 0 Å². The number of hydrogen-bond donors (Lipinski definition) is 2. The van der Waals surface area contributed by atoms with Gasteiger partial charge in [0.25, 0.3) is 0 Å². The second-order valence-corrected chi connectivity index (χ2v) is 5.01. The van der Waals surface area contributed by atoms with Gasteiger partial charge in [-0.05, 0) is 12.8 Å². The maximum absolute atomic E-state index is 12.2. The van der Waals surface area contributed by atoms with Crippen molar-refractivity contribution >= 4 is 23.1 Å². The minimum absolute atomic E-state index is 0.130. The Morgan fingerprint density at radius 1 is 1.56 bits per heavy atom. The lowest BCUT2D eigenvalue weighted by Gasteiger charge is -2.25. The molecule has 98 valence electrons. The standard InChI is InChI=1S/C11H16N4O2S/c1-7-14-8(15-17-7)6-13-10(16)11(9(12)18)4-2-3-5-11/h2-6H2,1H3,(H2,12,18)(H,13,16). The van der Waals surface area contributed by atoms with Crippen molar-refractivity contribution in [3.05, 3.63) is 11.7 Å². The third kappa shape index (κ3) is 2.35. The lowest BCUT2D eigenvalue weighted by Crippen LogP contribution is -2.47. The van der Waals surface area contributed by atoms with Crippen molar-refractivity contribution in [3.63, 3.8) is 0 Å². The molecule has 18 heavy (non-hydrogen) atoms. The molecule has 1 aliphatic carbocycles. The van der Waals surface area contributed by atoms with Gasteiger partial charge in [0.15, 0.2) is 5.82 Å². The van der Waals surface area contributed by atoms with Gasteiger partial charge >= 0.3 is 0 Å². The molecule has 0 aromatic carbocycles. The largest absolute Gasteiger partial charge is 0.392 e. The van der Waals surface area contributed by atoms with Crippen LogP contribution in [0, 0.1) is 12.3 Å². The van der Waals surface area contributed by atoms with Crippen LogP contribution < -0.4 is 11.1 Å². The molecule has 0 bridgehead atoms. The molecule has 1 aliphatic rings. The molecule has 0 spiro atoms. The molecule has 7 heteroatoms. The van der Waals surface area contributed by atoms with Crippen LogP contribution in [0.4, 0.5) is 0 Å². The number of nitrogens with one attached hydrogen (secondary N) is 1. The van der Waals surface area contributed by atoms with Crippen molar-refractivity contribution in [3.8, 4) is 0 Å². The van der Waals surface area contributed by atoms with Crippen molar-refractivity contribution in [1.82, 2.24) is 15.5 Å². The highest BCUT2D eigenvalue weighted by Crippen LogP contribution is 2.38. The molecule has 0 saturated heterocycles. The molecule has 1 heterocycles. The number of amides is 1. The lowest BCUT2D eigenvalue weighted by molar-refractivity contribution is -0.127. The first-order chi connectivity index (χ1) is 8.54. The summed E-state index contributed by atoms with van der Waals surface area (Å²) in [5.41, 5.74) is 5.04. The van der Waals surface area contributed by atoms with Gasteiger partial charge in [-0.25, -0.2) is 0 Å². The summed E-state index contributed by atoms with van der Waals surface area (Å²) in [4.78, 5) is 16.5. The zero-order valence-corrected chi connectivity index (χ0v) is 11.0. The predicted octanol–water partition coefficient (Wildman–Crippen LogP) is 0.841. The zero-order valence-electron chi connectivity index (χ0n) is 10.2. The highest BCUT2D eigenvalue weighted by Gasteiger charge is 2.43. The minimum Gasteiger partial charge on any atom is -0.392 e. The molecular weight excluding hydrogens is 252 g/mol. The summed E-state index contributed by atoms with van der Waals surface area (Å²) in [7, 11) is 0. The normalized spacial score (nSPS) is 17.6. The highest BCUT2D eigenvalue weighted by molar-refractivity contribution is 7.80. The Bertz CT molecular complexity index is 465. The van der Waals surface area contributed by atoms with E-state index in [-0.39, 0.29) is 17.4 Å². The lowest BCUT2D eigenvalue weighted by atomic mass is 9.85. The van der Waals surface area contributed by atoms with Crippen molar-refractivity contribution < 1.29 is 9.32 Å². The number of hydrogen-bond acceptors (Lipinski definition) is 5. The van der Waals surface area contributed by atoms with Crippen LogP contribution in [0.5, 0.6) is 0 Å². The zero-order chi connectivity index (χ0) is 13.2. The van der Waals surface area contributed by atoms with E-state index in [0.717, 1.165) is 25.7 Å². The van der Waals surface area contributed by atoms with E-state index in [0.29, 0.717) is 11.7 Å². The predicted molar refractivity (Wildman–Crippen MR) is 68.6 cm³/mol. The van der Waals surface area contributed by atoms with E-state index in [1.807, 2.05) is 0 Å². The summed E-state index contributed by atoms with van der Waals surface area (Å²) in [5, 5.41) is 6.50. The van der Waals surface area contributed by atoms with Gasteiger partial charge in [-0.1, -0.05) is 30.2 Å². The van der Waals surface area contributed by atoms with Crippen LogP contribution in [0.15, 0.2) is 4.52 Å². The summed E-state index contributed by atoms with van der Waals surface area (Å²) in [6.07, 6.45) is 3.40. The molecular formula is C11H16N4O2S. The Kier molecular flexibility index (Phi) is 3.60. The van der Waals surface area contributed by atoms with Crippen molar-refractivity contribution in [2.75, 3.05) is 0 Å². The molecule has 0 radical (unpaired) electrons. The van der Waals surface area contributed by atoms with E-state index in [1.54, 1.807) is 6.92 Å². The van der Waals surface area contributed by atoms with E-state index in [4.69, 9.17) is 22.5 Å². The number of rotatable bonds is 4.